The van der Waals surface area contributed by atoms with E-state index in [2.05, 4.69) is 0 Å². The van der Waals surface area contributed by atoms with Gasteiger partial charge in [-0.05, 0) is 12.1 Å². The number of allylic oxidation sites excluding steroid dienone is 1. The summed E-state index contributed by atoms with van der Waals surface area (Å²) < 4.78 is 11.9. The van der Waals surface area contributed by atoms with Crippen molar-refractivity contribution in [2.45, 2.75) is 18.4 Å². The summed E-state index contributed by atoms with van der Waals surface area (Å²) in [6.07, 6.45) is 0.888. The third-order valence-electron chi connectivity index (χ3n) is 5.71. The van der Waals surface area contributed by atoms with E-state index >= 15 is 0 Å². The Balaban J connectivity index is 1.32. The minimum Gasteiger partial charge on any atom is -0.484 e. The predicted octanol–water partition coefficient (Wildman–Crippen LogP) is 3.92. The van der Waals surface area contributed by atoms with Gasteiger partial charge in [0.1, 0.15) is 22.0 Å². The van der Waals surface area contributed by atoms with Crippen LogP contribution in [0.15, 0.2) is 59.5 Å². The van der Waals surface area contributed by atoms with Gasteiger partial charge in [-0.3, -0.25) is 9.59 Å². The number of carbonyl (C=O) groups excluding carboxylic acids is 3. The lowest BCUT2D eigenvalue weighted by Gasteiger charge is -2.45. The molecule has 2 aliphatic heterocycles. The quantitative estimate of drug-likeness (QED) is 0.650. The zero-order valence-electron chi connectivity index (χ0n) is 16.1. The van der Waals surface area contributed by atoms with Crippen LogP contribution in [0.1, 0.15) is 28.8 Å². The van der Waals surface area contributed by atoms with Crippen molar-refractivity contribution in [2.24, 2.45) is 0 Å². The monoisotopic (exact) mass is 421 g/mol. The van der Waals surface area contributed by atoms with E-state index in [4.69, 9.17) is 9.47 Å². The zero-order valence-corrected chi connectivity index (χ0v) is 16.9. The predicted molar refractivity (Wildman–Crippen MR) is 112 cm³/mol. The molecule has 0 atom stereocenters. The van der Waals surface area contributed by atoms with Crippen molar-refractivity contribution in [3.8, 4) is 5.75 Å². The smallest absolute Gasteiger partial charge is 0.415 e. The summed E-state index contributed by atoms with van der Waals surface area (Å²) in [6, 6.07) is 16.1. The van der Waals surface area contributed by atoms with Gasteiger partial charge in [0, 0.05) is 42.8 Å². The van der Waals surface area contributed by atoms with Crippen LogP contribution in [-0.2, 0) is 9.53 Å². The molecule has 0 aromatic heterocycles. The third-order valence-corrected chi connectivity index (χ3v) is 7.04. The molecule has 2 heterocycles. The van der Waals surface area contributed by atoms with Gasteiger partial charge in [0.05, 0.1) is 0 Å². The first-order valence-electron chi connectivity index (χ1n) is 9.83. The van der Waals surface area contributed by atoms with E-state index < -0.39 is 17.2 Å². The Morgan fingerprint density at radius 1 is 0.933 bits per heavy atom. The van der Waals surface area contributed by atoms with Crippen LogP contribution in [0, 0.1) is 0 Å². The summed E-state index contributed by atoms with van der Waals surface area (Å²) in [5, 5.41) is 0. The highest BCUT2D eigenvalue weighted by Gasteiger charge is 2.46. The topological polar surface area (TPSA) is 72.9 Å². The van der Waals surface area contributed by atoms with Crippen LogP contribution in [0.3, 0.4) is 0 Å². The average Bonchev–Trinajstić information content (AvgIpc) is 2.78. The minimum absolute atomic E-state index is 0.372. The van der Waals surface area contributed by atoms with E-state index in [9.17, 15) is 14.4 Å². The maximum absolute atomic E-state index is 12.5. The molecule has 0 bridgehead atoms. The zero-order chi connectivity index (χ0) is 20.7. The van der Waals surface area contributed by atoms with Crippen molar-refractivity contribution in [2.75, 3.05) is 18.8 Å². The maximum atomic E-state index is 12.5. The molecule has 2 aromatic rings. The van der Waals surface area contributed by atoms with Gasteiger partial charge in [0.25, 0.3) is 0 Å². The van der Waals surface area contributed by atoms with Crippen LogP contribution < -0.4 is 4.74 Å². The standard InChI is InChI=1S/C23H19NO5S/c25-18-16-8-4-5-9-17(16)20-21(19(18)26)30-14-23(29-20)10-12-24(13-11-23)22(27)28-15-6-2-1-3-7-15/h1-9H,10-14H2. The summed E-state index contributed by atoms with van der Waals surface area (Å²) >= 11 is 1.39. The van der Waals surface area contributed by atoms with Crippen LogP contribution in [0.4, 0.5) is 4.79 Å². The van der Waals surface area contributed by atoms with E-state index in [0.717, 1.165) is 0 Å². The van der Waals surface area contributed by atoms with Crippen molar-refractivity contribution in [1.29, 1.82) is 0 Å². The Labute approximate surface area is 177 Å². The van der Waals surface area contributed by atoms with Crippen molar-refractivity contribution >= 4 is 35.2 Å². The molecule has 0 unspecified atom stereocenters. The maximum Gasteiger partial charge on any atom is 0.415 e. The van der Waals surface area contributed by atoms with Crippen LogP contribution in [0.2, 0.25) is 0 Å². The fourth-order valence-corrected chi connectivity index (χ4v) is 5.27. The Hall–Kier alpha value is -3.06. The molecule has 7 heteroatoms. The number of likely N-dealkylation sites (tertiary alicyclic amines) is 1. The molecule has 152 valence electrons. The van der Waals surface area contributed by atoms with Gasteiger partial charge >= 0.3 is 6.09 Å². The second-order valence-electron chi connectivity index (χ2n) is 7.60. The molecule has 30 heavy (non-hydrogen) atoms. The lowest BCUT2D eigenvalue weighted by atomic mass is 9.90. The first-order chi connectivity index (χ1) is 14.6. The highest BCUT2D eigenvalue weighted by molar-refractivity contribution is 8.04. The number of para-hydroxylation sites is 1. The molecule has 2 aromatic carbocycles. The Kier molecular flexibility index (Phi) is 4.62. The number of amides is 1. The average molecular weight is 421 g/mol. The number of nitrogens with zero attached hydrogens (tertiary/aromatic N) is 1. The lowest BCUT2D eigenvalue weighted by Crippen LogP contribution is -2.51. The number of Topliss-reactive ketones (excluding diaryl/α,β-unsaturated/α-hetero) is 2. The van der Waals surface area contributed by atoms with Crippen molar-refractivity contribution in [1.82, 2.24) is 4.90 Å². The molecular weight excluding hydrogens is 402 g/mol. The van der Waals surface area contributed by atoms with Crippen molar-refractivity contribution in [3.63, 3.8) is 0 Å². The third kappa shape index (κ3) is 3.19. The van der Waals surface area contributed by atoms with Crippen LogP contribution in [0.25, 0.3) is 5.76 Å². The SMILES string of the molecule is O=C1C(=O)c2ccccc2C2=C1SCC1(CCN(C(=O)Oc3ccccc3)CC1)O2. The summed E-state index contributed by atoms with van der Waals surface area (Å²) in [5.74, 6) is 0.632. The highest BCUT2D eigenvalue weighted by Crippen LogP contribution is 2.47. The van der Waals surface area contributed by atoms with Gasteiger partial charge in [-0.2, -0.15) is 0 Å². The Morgan fingerprint density at radius 3 is 2.33 bits per heavy atom. The Bertz CT molecular complexity index is 1070. The van der Waals surface area contributed by atoms with Crippen LogP contribution >= 0.6 is 11.8 Å². The molecule has 0 saturated carbocycles. The summed E-state index contributed by atoms with van der Waals surface area (Å²) in [7, 11) is 0. The van der Waals surface area contributed by atoms with Gasteiger partial charge < -0.3 is 14.4 Å². The van der Waals surface area contributed by atoms with E-state index in [1.54, 1.807) is 29.2 Å². The molecule has 3 aliphatic rings. The first kappa shape index (κ1) is 18.9. The first-order valence-corrected chi connectivity index (χ1v) is 10.8. The van der Waals surface area contributed by atoms with Gasteiger partial charge in [-0.15, -0.1) is 11.8 Å². The molecular formula is C23H19NO5S. The summed E-state index contributed by atoms with van der Waals surface area (Å²) in [5.41, 5.74) is 0.596. The molecule has 1 amide bonds. The number of hydrogen-bond donors (Lipinski definition) is 0. The van der Waals surface area contributed by atoms with Gasteiger partial charge in [0.15, 0.2) is 0 Å². The number of rotatable bonds is 1. The number of thioether (sulfide) groups is 1. The van der Waals surface area contributed by atoms with Crippen molar-refractivity contribution in [3.05, 3.63) is 70.6 Å². The molecule has 0 radical (unpaired) electrons. The summed E-state index contributed by atoms with van der Waals surface area (Å²) in [4.78, 5) is 39.5. The normalized spacial score (nSPS) is 19.8. The van der Waals surface area contributed by atoms with E-state index in [-0.39, 0.29) is 6.09 Å². The molecule has 5 rings (SSSR count). The number of fused-ring (bicyclic) bond motifs is 2. The van der Waals surface area contributed by atoms with Crippen LogP contribution in [-0.4, -0.2) is 47.0 Å². The van der Waals surface area contributed by atoms with E-state index in [0.29, 0.717) is 59.2 Å². The number of ketones is 2. The van der Waals surface area contributed by atoms with E-state index in [1.165, 1.54) is 11.8 Å². The number of hydrogen-bond acceptors (Lipinski definition) is 6. The molecule has 0 N–H and O–H groups in total. The number of benzene rings is 2. The number of piperidine rings is 1. The summed E-state index contributed by atoms with van der Waals surface area (Å²) in [6.45, 7) is 1.01. The lowest BCUT2D eigenvalue weighted by molar-refractivity contribution is -0.111. The molecule has 6 nitrogen and oxygen atoms in total. The molecule has 1 fully saturated rings. The molecule has 1 saturated heterocycles. The second-order valence-corrected chi connectivity index (χ2v) is 8.59. The minimum atomic E-state index is -0.493. The fraction of sp³-hybridized carbons (Fsp3) is 0.261. The number of carbonyl (C=O) groups is 3. The molecule has 1 aliphatic carbocycles. The van der Waals surface area contributed by atoms with Crippen molar-refractivity contribution < 1.29 is 23.9 Å². The van der Waals surface area contributed by atoms with Gasteiger partial charge in [-0.25, -0.2) is 4.79 Å². The Morgan fingerprint density at radius 2 is 1.60 bits per heavy atom. The number of ether oxygens (including phenoxy) is 2. The fourth-order valence-electron chi connectivity index (χ4n) is 4.01. The molecule has 1 spiro atoms. The largest absolute Gasteiger partial charge is 0.484 e. The second kappa shape index (κ2) is 7.32. The van der Waals surface area contributed by atoms with Crippen LogP contribution in [0.5, 0.6) is 5.75 Å². The highest BCUT2D eigenvalue weighted by atomic mass is 32.2. The van der Waals surface area contributed by atoms with Gasteiger partial charge in [-0.1, -0.05) is 42.5 Å². The van der Waals surface area contributed by atoms with E-state index in [1.807, 2.05) is 30.3 Å². The van der Waals surface area contributed by atoms with Gasteiger partial charge in [0.2, 0.25) is 11.6 Å².